The third kappa shape index (κ3) is 2.02. The molecule has 2 aromatic rings. The van der Waals surface area contributed by atoms with Crippen LogP contribution in [0.25, 0.3) is 11.3 Å². The minimum absolute atomic E-state index is 0.224. The smallest absolute Gasteiger partial charge is 0.167 e. The maximum atomic E-state index is 12.9. The number of aromatic nitrogens is 1. The molecule has 5 heteroatoms. The summed E-state index contributed by atoms with van der Waals surface area (Å²) >= 11 is 0. The highest BCUT2D eigenvalue weighted by Gasteiger charge is 2.08. The fraction of sp³-hybridized carbons (Fsp3) is 0.100. The molecule has 0 aliphatic heterocycles. The molecule has 0 aliphatic carbocycles. The molecule has 1 aromatic heterocycles. The van der Waals surface area contributed by atoms with Gasteiger partial charge in [-0.15, -0.1) is 0 Å². The zero-order valence-electron chi connectivity index (χ0n) is 7.71. The topological polar surface area (TPSA) is 52.0 Å². The van der Waals surface area contributed by atoms with Crippen molar-refractivity contribution in [1.29, 1.82) is 0 Å². The standard InChI is InChI=1S/C10H8F2N2O/c11-7-1-6(2-8(12)3-7)10-4-9(5-13)14-15-10/h1-4H,5,13H2. The summed E-state index contributed by atoms with van der Waals surface area (Å²) in [6, 6.07) is 4.69. The van der Waals surface area contributed by atoms with Gasteiger partial charge in [0.05, 0.1) is 5.69 Å². The van der Waals surface area contributed by atoms with E-state index < -0.39 is 11.6 Å². The summed E-state index contributed by atoms with van der Waals surface area (Å²) in [5.74, 6) is -1.01. The average molecular weight is 210 g/mol. The Hall–Kier alpha value is -1.75. The molecule has 0 amide bonds. The van der Waals surface area contributed by atoms with Crippen molar-refractivity contribution in [3.63, 3.8) is 0 Å². The van der Waals surface area contributed by atoms with Gasteiger partial charge in [-0.25, -0.2) is 8.78 Å². The normalized spacial score (nSPS) is 10.6. The van der Waals surface area contributed by atoms with E-state index in [9.17, 15) is 8.78 Å². The summed E-state index contributed by atoms with van der Waals surface area (Å²) in [5, 5.41) is 3.63. The van der Waals surface area contributed by atoms with E-state index >= 15 is 0 Å². The average Bonchev–Trinajstić information content (AvgIpc) is 2.64. The number of benzene rings is 1. The predicted molar refractivity (Wildman–Crippen MR) is 49.7 cm³/mol. The van der Waals surface area contributed by atoms with Crippen LogP contribution >= 0.6 is 0 Å². The summed E-state index contributed by atoms with van der Waals surface area (Å²) in [7, 11) is 0. The van der Waals surface area contributed by atoms with Gasteiger partial charge in [0.15, 0.2) is 5.76 Å². The lowest BCUT2D eigenvalue weighted by Crippen LogP contribution is -1.94. The van der Waals surface area contributed by atoms with Crippen LogP contribution in [-0.4, -0.2) is 5.16 Å². The van der Waals surface area contributed by atoms with Crippen LogP contribution in [0.4, 0.5) is 8.78 Å². The van der Waals surface area contributed by atoms with E-state index in [0.717, 1.165) is 6.07 Å². The Kier molecular flexibility index (Phi) is 2.47. The van der Waals surface area contributed by atoms with E-state index in [1.807, 2.05) is 0 Å². The van der Waals surface area contributed by atoms with Gasteiger partial charge in [-0.1, -0.05) is 5.16 Å². The van der Waals surface area contributed by atoms with Crippen LogP contribution in [0.3, 0.4) is 0 Å². The number of nitrogens with two attached hydrogens (primary N) is 1. The third-order valence-electron chi connectivity index (χ3n) is 1.92. The second-order valence-electron chi connectivity index (χ2n) is 3.04. The molecular formula is C10H8F2N2O. The van der Waals surface area contributed by atoms with E-state index in [0.29, 0.717) is 17.0 Å². The van der Waals surface area contributed by atoms with Crippen molar-refractivity contribution in [3.8, 4) is 11.3 Å². The summed E-state index contributed by atoms with van der Waals surface area (Å²) in [6.45, 7) is 0.224. The molecule has 0 atom stereocenters. The molecule has 0 aliphatic rings. The molecule has 1 heterocycles. The van der Waals surface area contributed by atoms with Crippen molar-refractivity contribution < 1.29 is 13.3 Å². The Balaban J connectivity index is 2.44. The number of rotatable bonds is 2. The van der Waals surface area contributed by atoms with Crippen molar-refractivity contribution in [1.82, 2.24) is 5.16 Å². The number of hydrogen-bond donors (Lipinski definition) is 1. The highest BCUT2D eigenvalue weighted by atomic mass is 19.1. The van der Waals surface area contributed by atoms with Gasteiger partial charge < -0.3 is 10.3 Å². The van der Waals surface area contributed by atoms with Gasteiger partial charge in [0.1, 0.15) is 11.6 Å². The van der Waals surface area contributed by atoms with Gasteiger partial charge in [0.25, 0.3) is 0 Å². The van der Waals surface area contributed by atoms with Gasteiger partial charge in [-0.2, -0.15) is 0 Å². The predicted octanol–water partition coefficient (Wildman–Crippen LogP) is 2.08. The van der Waals surface area contributed by atoms with Crippen LogP contribution in [0, 0.1) is 11.6 Å². The van der Waals surface area contributed by atoms with Gasteiger partial charge in [0.2, 0.25) is 0 Å². The van der Waals surface area contributed by atoms with Crippen LogP contribution in [0.2, 0.25) is 0 Å². The van der Waals surface area contributed by atoms with E-state index in [1.54, 1.807) is 6.07 Å². The second kappa shape index (κ2) is 3.78. The molecule has 0 spiro atoms. The van der Waals surface area contributed by atoms with Crippen LogP contribution < -0.4 is 5.73 Å². The highest BCUT2D eigenvalue weighted by Crippen LogP contribution is 2.22. The molecule has 15 heavy (non-hydrogen) atoms. The minimum atomic E-state index is -0.657. The van der Waals surface area contributed by atoms with Crippen molar-refractivity contribution >= 4 is 0 Å². The molecule has 0 unspecified atom stereocenters. The first-order valence-corrected chi connectivity index (χ1v) is 4.31. The minimum Gasteiger partial charge on any atom is -0.356 e. The van der Waals surface area contributed by atoms with Crippen LogP contribution in [-0.2, 0) is 6.54 Å². The maximum absolute atomic E-state index is 12.9. The molecule has 1 aromatic carbocycles. The van der Waals surface area contributed by atoms with Crippen LogP contribution in [0.5, 0.6) is 0 Å². The fourth-order valence-corrected chi connectivity index (χ4v) is 1.24. The van der Waals surface area contributed by atoms with E-state index in [1.165, 1.54) is 12.1 Å². The maximum Gasteiger partial charge on any atom is 0.167 e. The molecule has 0 bridgehead atoms. The third-order valence-corrected chi connectivity index (χ3v) is 1.92. The molecule has 0 radical (unpaired) electrons. The highest BCUT2D eigenvalue weighted by molar-refractivity contribution is 5.57. The first kappa shape index (κ1) is 9.79. The molecule has 0 saturated heterocycles. The quantitative estimate of drug-likeness (QED) is 0.825. The van der Waals surface area contributed by atoms with Crippen LogP contribution in [0.15, 0.2) is 28.8 Å². The van der Waals surface area contributed by atoms with Gasteiger partial charge in [-0.05, 0) is 12.1 Å². The van der Waals surface area contributed by atoms with Gasteiger partial charge in [-0.3, -0.25) is 0 Å². The number of halogens is 2. The summed E-state index contributed by atoms with van der Waals surface area (Å²) in [5.41, 5.74) is 6.17. The Morgan fingerprint density at radius 1 is 1.13 bits per heavy atom. The summed E-state index contributed by atoms with van der Waals surface area (Å²) < 4.78 is 30.6. The molecule has 78 valence electrons. The molecule has 3 nitrogen and oxygen atoms in total. The van der Waals surface area contributed by atoms with Crippen LogP contribution in [0.1, 0.15) is 5.69 Å². The Labute approximate surface area is 84.5 Å². The molecule has 0 saturated carbocycles. The first-order chi connectivity index (χ1) is 7.19. The fourth-order valence-electron chi connectivity index (χ4n) is 1.24. The molecular weight excluding hydrogens is 202 g/mol. The first-order valence-electron chi connectivity index (χ1n) is 4.31. The summed E-state index contributed by atoms with van der Waals surface area (Å²) in [6.07, 6.45) is 0. The largest absolute Gasteiger partial charge is 0.356 e. The SMILES string of the molecule is NCc1cc(-c2cc(F)cc(F)c2)on1. The molecule has 0 fully saturated rings. The van der Waals surface area contributed by atoms with E-state index in [-0.39, 0.29) is 6.54 Å². The second-order valence-corrected chi connectivity index (χ2v) is 3.04. The lowest BCUT2D eigenvalue weighted by atomic mass is 10.1. The number of hydrogen-bond acceptors (Lipinski definition) is 3. The zero-order chi connectivity index (χ0) is 10.8. The Morgan fingerprint density at radius 2 is 1.80 bits per heavy atom. The molecule has 2 rings (SSSR count). The lowest BCUT2D eigenvalue weighted by molar-refractivity contribution is 0.423. The van der Waals surface area contributed by atoms with Crippen molar-refractivity contribution in [3.05, 3.63) is 41.6 Å². The zero-order valence-corrected chi connectivity index (χ0v) is 7.71. The lowest BCUT2D eigenvalue weighted by Gasteiger charge is -1.96. The van der Waals surface area contributed by atoms with E-state index in [2.05, 4.69) is 5.16 Å². The number of nitrogens with zero attached hydrogens (tertiary/aromatic N) is 1. The van der Waals surface area contributed by atoms with Gasteiger partial charge in [0, 0.05) is 24.2 Å². The van der Waals surface area contributed by atoms with Gasteiger partial charge >= 0.3 is 0 Å². The van der Waals surface area contributed by atoms with Crippen molar-refractivity contribution in [2.75, 3.05) is 0 Å². The van der Waals surface area contributed by atoms with Crippen molar-refractivity contribution in [2.45, 2.75) is 6.54 Å². The Bertz CT molecular complexity index is 462. The summed E-state index contributed by atoms with van der Waals surface area (Å²) in [4.78, 5) is 0. The van der Waals surface area contributed by atoms with E-state index in [4.69, 9.17) is 10.3 Å². The monoisotopic (exact) mass is 210 g/mol. The van der Waals surface area contributed by atoms with Crippen molar-refractivity contribution in [2.24, 2.45) is 5.73 Å². The molecule has 2 N–H and O–H groups in total. The Morgan fingerprint density at radius 3 is 2.33 bits per heavy atom.